The second-order valence-electron chi connectivity index (χ2n) is 10.1. The number of carbonyl (C=O) groups excluding carboxylic acids is 1. The van der Waals surface area contributed by atoms with E-state index in [-0.39, 0.29) is 17.9 Å². The first-order valence-electron chi connectivity index (χ1n) is 12.1. The maximum Gasteiger partial charge on any atom is 0.416 e. The molecule has 3 N–H and O–H groups in total. The Hall–Kier alpha value is -3.00. The van der Waals surface area contributed by atoms with Crippen LogP contribution in [0.3, 0.4) is 0 Å². The summed E-state index contributed by atoms with van der Waals surface area (Å²) in [5.41, 5.74) is 0.948. The number of rotatable bonds is 5. The number of hydrogen-bond acceptors (Lipinski definition) is 3. The number of alkyl halides is 3. The topological polar surface area (TPSA) is 74.4 Å². The van der Waals surface area contributed by atoms with Crippen LogP contribution in [0.15, 0.2) is 48.7 Å². The molecule has 2 saturated carbocycles. The number of carbonyl (C=O) groups is 1. The molecule has 2 unspecified atom stereocenters. The second kappa shape index (κ2) is 8.90. The highest BCUT2D eigenvalue weighted by Crippen LogP contribution is 2.41. The first-order valence-corrected chi connectivity index (χ1v) is 12.1. The number of aliphatic hydroxyl groups excluding tert-OH is 1. The second-order valence-corrected chi connectivity index (χ2v) is 10.1. The number of aromatic amines is 1. The molecule has 2 aliphatic carbocycles. The lowest BCUT2D eigenvalue weighted by atomic mass is 9.72. The van der Waals surface area contributed by atoms with Crippen LogP contribution in [-0.2, 0) is 11.0 Å². The summed E-state index contributed by atoms with van der Waals surface area (Å²) in [7, 11) is 0. The molecule has 0 aliphatic heterocycles. The van der Waals surface area contributed by atoms with Gasteiger partial charge in [-0.1, -0.05) is 25.0 Å². The van der Waals surface area contributed by atoms with Gasteiger partial charge in [0.2, 0.25) is 5.91 Å². The number of ether oxygens (including phenoxy) is 1. The van der Waals surface area contributed by atoms with Crippen molar-refractivity contribution >= 4 is 22.5 Å². The molecule has 5 rings (SSSR count). The van der Waals surface area contributed by atoms with Gasteiger partial charge in [0.25, 0.3) is 0 Å². The van der Waals surface area contributed by atoms with Gasteiger partial charge < -0.3 is 20.1 Å². The summed E-state index contributed by atoms with van der Waals surface area (Å²) < 4.78 is 44.5. The molecule has 2 fully saturated rings. The van der Waals surface area contributed by atoms with Crippen LogP contribution >= 0.6 is 0 Å². The van der Waals surface area contributed by atoms with Crippen LogP contribution in [0.2, 0.25) is 0 Å². The summed E-state index contributed by atoms with van der Waals surface area (Å²) in [5, 5.41) is 14.2. The van der Waals surface area contributed by atoms with E-state index in [2.05, 4.69) is 10.3 Å². The lowest BCUT2D eigenvalue weighted by Crippen LogP contribution is -2.45. The van der Waals surface area contributed by atoms with E-state index in [4.69, 9.17) is 4.74 Å². The van der Waals surface area contributed by atoms with Gasteiger partial charge in [-0.2, -0.15) is 13.2 Å². The fraction of sp³-hybridized carbons (Fsp3) is 0.444. The van der Waals surface area contributed by atoms with Crippen molar-refractivity contribution in [2.24, 2.45) is 5.41 Å². The monoisotopic (exact) mass is 486 g/mol. The number of aromatic nitrogens is 1. The van der Waals surface area contributed by atoms with Gasteiger partial charge in [-0.15, -0.1) is 0 Å². The van der Waals surface area contributed by atoms with Crippen molar-refractivity contribution in [2.45, 2.75) is 69.8 Å². The molecule has 5 nitrogen and oxygen atoms in total. The fourth-order valence-electron chi connectivity index (χ4n) is 5.19. The summed E-state index contributed by atoms with van der Waals surface area (Å²) in [4.78, 5) is 16.2. The zero-order valence-electron chi connectivity index (χ0n) is 19.5. The molecule has 0 saturated heterocycles. The van der Waals surface area contributed by atoms with Gasteiger partial charge >= 0.3 is 6.18 Å². The van der Waals surface area contributed by atoms with Crippen LogP contribution in [0.25, 0.3) is 10.9 Å². The zero-order valence-corrected chi connectivity index (χ0v) is 19.5. The number of aliphatic hydroxyl groups is 1. The third-order valence-corrected chi connectivity index (χ3v) is 7.69. The first kappa shape index (κ1) is 23.7. The van der Waals surface area contributed by atoms with Crippen molar-refractivity contribution in [1.82, 2.24) is 4.98 Å². The highest BCUT2D eigenvalue weighted by Gasteiger charge is 2.42. The Morgan fingerprint density at radius 1 is 1.14 bits per heavy atom. The van der Waals surface area contributed by atoms with Gasteiger partial charge in [0, 0.05) is 17.1 Å². The Balaban J connectivity index is 1.23. The molecule has 2 aromatic carbocycles. The van der Waals surface area contributed by atoms with E-state index in [1.165, 1.54) is 0 Å². The third kappa shape index (κ3) is 4.63. The molecular formula is C27H29F3N2O3. The molecule has 0 spiro atoms. The highest BCUT2D eigenvalue weighted by molar-refractivity contribution is 6.04. The van der Waals surface area contributed by atoms with E-state index in [1.54, 1.807) is 18.3 Å². The number of benzene rings is 2. The van der Waals surface area contributed by atoms with Crippen LogP contribution in [0.4, 0.5) is 18.9 Å². The van der Waals surface area contributed by atoms with E-state index in [0.717, 1.165) is 54.3 Å². The maximum atomic E-state index is 13.0. The smallest absolute Gasteiger partial charge is 0.416 e. The summed E-state index contributed by atoms with van der Waals surface area (Å²) in [6.07, 6.45) is 1.34. The Morgan fingerprint density at radius 3 is 2.57 bits per heavy atom. The van der Waals surface area contributed by atoms with Crippen molar-refractivity contribution in [2.75, 3.05) is 5.32 Å². The van der Waals surface area contributed by atoms with Gasteiger partial charge in [0.05, 0.1) is 28.9 Å². The van der Waals surface area contributed by atoms with Crippen molar-refractivity contribution in [3.63, 3.8) is 0 Å². The van der Waals surface area contributed by atoms with Gasteiger partial charge in [0.15, 0.2) is 0 Å². The number of H-pyrrole nitrogens is 1. The summed E-state index contributed by atoms with van der Waals surface area (Å²) in [5.74, 6) is 0.665. The number of amides is 1. The van der Waals surface area contributed by atoms with Crippen LogP contribution < -0.4 is 10.1 Å². The molecule has 0 bridgehead atoms. The maximum absolute atomic E-state index is 13.0. The predicted molar refractivity (Wildman–Crippen MR) is 127 cm³/mol. The molecule has 1 heterocycles. The van der Waals surface area contributed by atoms with Crippen molar-refractivity contribution in [1.29, 1.82) is 0 Å². The Morgan fingerprint density at radius 2 is 1.89 bits per heavy atom. The molecular weight excluding hydrogens is 457 g/mol. The van der Waals surface area contributed by atoms with Crippen LogP contribution in [0.1, 0.15) is 62.5 Å². The number of anilines is 1. The fourth-order valence-corrected chi connectivity index (χ4v) is 5.19. The molecule has 186 valence electrons. The van der Waals surface area contributed by atoms with E-state index in [9.17, 15) is 23.1 Å². The minimum atomic E-state index is -4.33. The molecule has 8 heteroatoms. The molecule has 2 atom stereocenters. The largest absolute Gasteiger partial charge is 0.490 e. The summed E-state index contributed by atoms with van der Waals surface area (Å²) >= 11 is 0. The average molecular weight is 487 g/mol. The molecule has 2 aliphatic rings. The van der Waals surface area contributed by atoms with E-state index >= 15 is 0 Å². The highest BCUT2D eigenvalue weighted by atomic mass is 19.4. The lowest BCUT2D eigenvalue weighted by Gasteiger charge is -2.36. The molecule has 35 heavy (non-hydrogen) atoms. The van der Waals surface area contributed by atoms with E-state index < -0.39 is 23.3 Å². The Labute approximate surface area is 201 Å². The third-order valence-electron chi connectivity index (χ3n) is 7.69. The minimum Gasteiger partial charge on any atom is -0.490 e. The number of hydrogen-bond donors (Lipinski definition) is 3. The van der Waals surface area contributed by atoms with Crippen LogP contribution in [0, 0.1) is 5.41 Å². The number of halogens is 3. The van der Waals surface area contributed by atoms with Crippen LogP contribution in [0.5, 0.6) is 5.75 Å². The van der Waals surface area contributed by atoms with Gasteiger partial charge in [-0.25, -0.2) is 0 Å². The van der Waals surface area contributed by atoms with Gasteiger partial charge in [-0.3, -0.25) is 4.79 Å². The Kier molecular flexibility index (Phi) is 6.03. The van der Waals surface area contributed by atoms with Gasteiger partial charge in [0.1, 0.15) is 5.75 Å². The number of nitrogens with one attached hydrogen (secondary N) is 2. The van der Waals surface area contributed by atoms with Crippen molar-refractivity contribution in [3.8, 4) is 5.75 Å². The average Bonchev–Trinajstić information content (AvgIpc) is 3.19. The van der Waals surface area contributed by atoms with E-state index in [1.807, 2.05) is 25.1 Å². The molecule has 3 aromatic rings. The SMILES string of the molecule is CC1(C(=O)Nc2c[nH]c3ccc(O[C@H]4C[C@H](c5ccc(C(F)(F)F)cc5)C4)cc23)CCCCC1O. The van der Waals surface area contributed by atoms with Crippen molar-refractivity contribution in [3.05, 3.63) is 59.8 Å². The number of fused-ring (bicyclic) bond motifs is 1. The summed E-state index contributed by atoms with van der Waals surface area (Å²) in [6.45, 7) is 1.82. The molecule has 1 aromatic heterocycles. The van der Waals surface area contributed by atoms with Gasteiger partial charge in [-0.05, 0) is 74.4 Å². The zero-order chi connectivity index (χ0) is 24.8. The first-order chi connectivity index (χ1) is 16.6. The molecule has 1 amide bonds. The van der Waals surface area contributed by atoms with Crippen LogP contribution in [-0.4, -0.2) is 28.2 Å². The quantitative estimate of drug-likeness (QED) is 0.391. The lowest BCUT2D eigenvalue weighted by molar-refractivity contribution is -0.137. The predicted octanol–water partition coefficient (Wildman–Crippen LogP) is 6.39. The Bertz CT molecular complexity index is 1210. The minimum absolute atomic E-state index is 0.0203. The summed E-state index contributed by atoms with van der Waals surface area (Å²) in [6, 6.07) is 11.0. The van der Waals surface area contributed by atoms with Crippen molar-refractivity contribution < 1.29 is 27.8 Å². The standard InChI is InChI=1S/C27H29F3N2O3/c1-26(11-3-2-4-24(26)33)25(34)32-23-15-31-22-10-9-19(14-21(22)23)35-20-12-17(13-20)16-5-7-18(8-6-16)27(28,29)30/h5-10,14-15,17,20,24,31,33H,2-4,11-13H2,1H3,(H,32,34)/t17-,20-,24?,26?. The normalized spacial score (nSPS) is 26.8. The van der Waals surface area contributed by atoms with E-state index in [0.29, 0.717) is 24.3 Å². The molecule has 0 radical (unpaired) electrons.